The van der Waals surface area contributed by atoms with Gasteiger partial charge in [-0.15, -0.1) is 0 Å². The molecule has 1 amide bonds. The second-order valence-corrected chi connectivity index (χ2v) is 7.08. The number of fused-ring (bicyclic) bond motifs is 1. The van der Waals surface area contributed by atoms with Crippen molar-refractivity contribution in [1.82, 2.24) is 14.5 Å². The van der Waals surface area contributed by atoms with Gasteiger partial charge in [0.15, 0.2) is 5.65 Å². The van der Waals surface area contributed by atoms with Gasteiger partial charge in [-0.1, -0.05) is 18.2 Å². The zero-order valence-corrected chi connectivity index (χ0v) is 16.9. The molecule has 0 aliphatic carbocycles. The lowest BCUT2D eigenvalue weighted by molar-refractivity contribution is -0.114. The highest BCUT2D eigenvalue weighted by molar-refractivity contribution is 5.95. The van der Waals surface area contributed by atoms with Gasteiger partial charge in [0.05, 0.1) is 5.39 Å². The van der Waals surface area contributed by atoms with E-state index in [1.54, 1.807) is 0 Å². The summed E-state index contributed by atoms with van der Waals surface area (Å²) in [6.45, 7) is 7.60. The van der Waals surface area contributed by atoms with Gasteiger partial charge in [-0.25, -0.2) is 9.97 Å². The standard InChI is InChI=1S/C23H23N5O/c1-14-15(2)28(20-8-6-5-7-9-20)23-21(14)22(24-16(3)25-23)27-19-12-10-18(11-13-19)26-17(4)29/h5-13H,1-4H3,(H,26,29)(H,24,25,27). The molecule has 0 atom stereocenters. The van der Waals surface area contributed by atoms with Crippen molar-refractivity contribution >= 4 is 34.1 Å². The molecular formula is C23H23N5O. The SMILES string of the molecule is CC(=O)Nc1ccc(Nc2nc(C)nc3c2c(C)c(C)n3-c2ccccc2)cc1. The Morgan fingerprint density at radius 1 is 0.897 bits per heavy atom. The second-order valence-electron chi connectivity index (χ2n) is 7.08. The molecular weight excluding hydrogens is 362 g/mol. The molecule has 0 spiro atoms. The van der Waals surface area contributed by atoms with Gasteiger partial charge >= 0.3 is 0 Å². The third kappa shape index (κ3) is 3.57. The summed E-state index contributed by atoms with van der Waals surface area (Å²) in [5, 5.41) is 7.20. The summed E-state index contributed by atoms with van der Waals surface area (Å²) in [5.74, 6) is 1.38. The van der Waals surface area contributed by atoms with Crippen LogP contribution in [0.3, 0.4) is 0 Å². The van der Waals surface area contributed by atoms with Crippen molar-refractivity contribution in [2.24, 2.45) is 0 Å². The van der Waals surface area contributed by atoms with Crippen molar-refractivity contribution in [1.29, 1.82) is 0 Å². The Morgan fingerprint density at radius 3 is 2.21 bits per heavy atom. The maximum atomic E-state index is 11.2. The maximum Gasteiger partial charge on any atom is 0.221 e. The molecule has 0 aliphatic rings. The van der Waals surface area contributed by atoms with Crippen LogP contribution < -0.4 is 10.6 Å². The Kier molecular flexibility index (Phi) is 4.76. The summed E-state index contributed by atoms with van der Waals surface area (Å²) in [6.07, 6.45) is 0. The van der Waals surface area contributed by atoms with Crippen LogP contribution in [0.2, 0.25) is 0 Å². The number of benzene rings is 2. The topological polar surface area (TPSA) is 71.8 Å². The Balaban J connectivity index is 1.80. The molecule has 0 unspecified atom stereocenters. The smallest absolute Gasteiger partial charge is 0.221 e. The molecule has 6 nitrogen and oxygen atoms in total. The number of amides is 1. The van der Waals surface area contributed by atoms with Gasteiger partial charge in [-0.05, 0) is 62.7 Å². The first-order valence-corrected chi connectivity index (χ1v) is 9.50. The zero-order valence-electron chi connectivity index (χ0n) is 16.9. The molecule has 0 aliphatic heterocycles. The third-order valence-electron chi connectivity index (χ3n) is 4.95. The van der Waals surface area contributed by atoms with Crippen molar-refractivity contribution in [3.05, 3.63) is 71.7 Å². The van der Waals surface area contributed by atoms with Gasteiger partial charge in [0, 0.05) is 29.7 Å². The number of rotatable bonds is 4. The normalized spacial score (nSPS) is 10.9. The fourth-order valence-electron chi connectivity index (χ4n) is 3.53. The highest BCUT2D eigenvalue weighted by Gasteiger charge is 2.18. The van der Waals surface area contributed by atoms with E-state index < -0.39 is 0 Å². The first-order chi connectivity index (χ1) is 13.9. The summed E-state index contributed by atoms with van der Waals surface area (Å²) in [5.41, 5.74) is 5.89. The number of aromatic nitrogens is 3. The first kappa shape index (κ1) is 18.7. The molecule has 0 saturated carbocycles. The van der Waals surface area contributed by atoms with Gasteiger partial charge < -0.3 is 10.6 Å². The van der Waals surface area contributed by atoms with Gasteiger partial charge in [0.25, 0.3) is 0 Å². The molecule has 29 heavy (non-hydrogen) atoms. The van der Waals surface area contributed by atoms with Crippen LogP contribution in [0.5, 0.6) is 0 Å². The molecule has 6 heteroatoms. The van der Waals surface area contributed by atoms with Crippen LogP contribution in [0, 0.1) is 20.8 Å². The molecule has 0 saturated heterocycles. The molecule has 4 rings (SSSR count). The number of nitrogens with one attached hydrogen (secondary N) is 2. The molecule has 4 aromatic rings. The molecule has 0 bridgehead atoms. The summed E-state index contributed by atoms with van der Waals surface area (Å²) in [6, 6.07) is 17.8. The molecule has 0 fully saturated rings. The van der Waals surface area contributed by atoms with Crippen molar-refractivity contribution in [3.8, 4) is 5.69 Å². The lowest BCUT2D eigenvalue weighted by Crippen LogP contribution is -2.05. The number of aryl methyl sites for hydroxylation is 2. The number of hydrogen-bond donors (Lipinski definition) is 2. The Bertz CT molecular complexity index is 1190. The second kappa shape index (κ2) is 7.39. The fraction of sp³-hybridized carbons (Fsp3) is 0.174. The number of anilines is 3. The van der Waals surface area contributed by atoms with Crippen molar-refractivity contribution in [3.63, 3.8) is 0 Å². The van der Waals surface area contributed by atoms with E-state index in [0.717, 1.165) is 45.2 Å². The third-order valence-corrected chi connectivity index (χ3v) is 4.95. The van der Waals surface area contributed by atoms with Crippen molar-refractivity contribution in [2.45, 2.75) is 27.7 Å². The van der Waals surface area contributed by atoms with E-state index in [4.69, 9.17) is 4.98 Å². The highest BCUT2D eigenvalue weighted by Crippen LogP contribution is 2.33. The van der Waals surface area contributed by atoms with Crippen LogP contribution in [0.1, 0.15) is 24.0 Å². The van der Waals surface area contributed by atoms with Gasteiger partial charge in [-0.2, -0.15) is 0 Å². The largest absolute Gasteiger partial charge is 0.340 e. The van der Waals surface area contributed by atoms with E-state index in [1.807, 2.05) is 49.4 Å². The lowest BCUT2D eigenvalue weighted by atomic mass is 10.2. The fourth-order valence-corrected chi connectivity index (χ4v) is 3.53. The van der Waals surface area contributed by atoms with Gasteiger partial charge in [-0.3, -0.25) is 9.36 Å². The number of hydrogen-bond acceptors (Lipinski definition) is 4. The van der Waals surface area contributed by atoms with Crippen molar-refractivity contribution < 1.29 is 4.79 Å². The number of carbonyl (C=O) groups is 1. The number of carbonyl (C=O) groups excluding carboxylic acids is 1. The van der Waals surface area contributed by atoms with E-state index in [2.05, 4.69) is 46.2 Å². The molecule has 2 heterocycles. The van der Waals surface area contributed by atoms with E-state index in [9.17, 15) is 4.79 Å². The summed E-state index contributed by atoms with van der Waals surface area (Å²) >= 11 is 0. The number of para-hydroxylation sites is 1. The Morgan fingerprint density at radius 2 is 1.55 bits per heavy atom. The Hall–Kier alpha value is -3.67. The Labute approximate surface area is 169 Å². The lowest BCUT2D eigenvalue weighted by Gasteiger charge is -2.11. The van der Waals surface area contributed by atoms with Crippen LogP contribution in [0.4, 0.5) is 17.2 Å². The molecule has 2 N–H and O–H groups in total. The minimum Gasteiger partial charge on any atom is -0.340 e. The average molecular weight is 385 g/mol. The molecule has 2 aromatic carbocycles. The van der Waals surface area contributed by atoms with Gasteiger partial charge in [0.1, 0.15) is 11.6 Å². The van der Waals surface area contributed by atoms with Crippen molar-refractivity contribution in [2.75, 3.05) is 10.6 Å². The monoisotopic (exact) mass is 385 g/mol. The summed E-state index contributed by atoms with van der Waals surface area (Å²) in [4.78, 5) is 20.6. The predicted octanol–water partition coefficient (Wildman–Crippen LogP) is 5.05. The van der Waals surface area contributed by atoms with Crippen LogP contribution in [0.15, 0.2) is 54.6 Å². The predicted molar refractivity (Wildman–Crippen MR) is 117 cm³/mol. The van der Waals surface area contributed by atoms with Gasteiger partial charge in [0.2, 0.25) is 5.91 Å². The zero-order chi connectivity index (χ0) is 20.5. The summed E-state index contributed by atoms with van der Waals surface area (Å²) < 4.78 is 2.17. The molecule has 2 aromatic heterocycles. The van der Waals surface area contributed by atoms with Crippen LogP contribution in [0.25, 0.3) is 16.7 Å². The summed E-state index contributed by atoms with van der Waals surface area (Å²) in [7, 11) is 0. The number of nitrogens with zero attached hydrogens (tertiary/aromatic N) is 3. The van der Waals surface area contributed by atoms with E-state index in [0.29, 0.717) is 5.82 Å². The highest BCUT2D eigenvalue weighted by atomic mass is 16.1. The molecule has 146 valence electrons. The van der Waals surface area contributed by atoms with Crippen LogP contribution in [-0.2, 0) is 4.79 Å². The first-order valence-electron chi connectivity index (χ1n) is 9.50. The minimum absolute atomic E-state index is 0.0906. The minimum atomic E-state index is -0.0906. The van der Waals surface area contributed by atoms with E-state index >= 15 is 0 Å². The molecule has 0 radical (unpaired) electrons. The van der Waals surface area contributed by atoms with E-state index in [1.165, 1.54) is 6.92 Å². The average Bonchev–Trinajstić information content (AvgIpc) is 2.94. The van der Waals surface area contributed by atoms with Crippen LogP contribution >= 0.6 is 0 Å². The quantitative estimate of drug-likeness (QED) is 0.516. The van der Waals surface area contributed by atoms with Crippen LogP contribution in [-0.4, -0.2) is 20.4 Å². The maximum absolute atomic E-state index is 11.2. The van der Waals surface area contributed by atoms with E-state index in [-0.39, 0.29) is 5.91 Å².